The molecule has 0 N–H and O–H groups in total. The third kappa shape index (κ3) is 70.2. The lowest BCUT2D eigenvalue weighted by atomic mass is 10.1. The van der Waals surface area contributed by atoms with Gasteiger partial charge in [0.25, 0.3) is 0 Å². The summed E-state index contributed by atoms with van der Waals surface area (Å²) in [5.74, 6) is 0.996. The largest absolute Gasteiger partial charge is 0.300 e. The van der Waals surface area contributed by atoms with Crippen LogP contribution in [0, 0.1) is 0 Å². The van der Waals surface area contributed by atoms with Crippen molar-refractivity contribution in [3.05, 3.63) is 0 Å². The second kappa shape index (κ2) is 26.6. The summed E-state index contributed by atoms with van der Waals surface area (Å²) in [6, 6.07) is 0. The molecular formula is C20H40O4. The molecule has 0 aliphatic rings. The Labute approximate surface area is 149 Å². The van der Waals surface area contributed by atoms with E-state index in [0.717, 1.165) is 19.3 Å². The maximum Gasteiger partial charge on any atom is 0.129 e. The quantitative estimate of drug-likeness (QED) is 0.545. The topological polar surface area (TPSA) is 68.3 Å². The van der Waals surface area contributed by atoms with Crippen molar-refractivity contribution < 1.29 is 19.2 Å². The van der Waals surface area contributed by atoms with Gasteiger partial charge in [-0.3, -0.25) is 0 Å². The summed E-state index contributed by atoms with van der Waals surface area (Å²) in [6.07, 6.45) is 6.78. The Morgan fingerprint density at radius 3 is 0.833 bits per heavy atom. The number of unbranched alkanes of at least 4 members (excludes halogenated alkanes) is 2. The highest BCUT2D eigenvalue weighted by atomic mass is 16.1. The van der Waals surface area contributed by atoms with Gasteiger partial charge in [0.15, 0.2) is 0 Å². The van der Waals surface area contributed by atoms with Gasteiger partial charge in [0.05, 0.1) is 0 Å². The van der Waals surface area contributed by atoms with Crippen LogP contribution < -0.4 is 0 Å². The van der Waals surface area contributed by atoms with E-state index in [1.54, 1.807) is 27.7 Å². The number of hydrogen-bond donors (Lipinski definition) is 0. The molecule has 0 aromatic heterocycles. The first-order valence-electron chi connectivity index (χ1n) is 9.06. The first kappa shape index (κ1) is 30.5. The summed E-state index contributed by atoms with van der Waals surface area (Å²) in [7, 11) is 0. The summed E-state index contributed by atoms with van der Waals surface area (Å²) in [5, 5.41) is 0. The van der Waals surface area contributed by atoms with Gasteiger partial charge in [-0.25, -0.2) is 0 Å². The van der Waals surface area contributed by atoms with Gasteiger partial charge in [0.1, 0.15) is 23.1 Å². The van der Waals surface area contributed by atoms with Gasteiger partial charge in [-0.15, -0.1) is 0 Å². The fourth-order valence-corrected chi connectivity index (χ4v) is 0.925. The Hall–Kier alpha value is -1.32. The van der Waals surface area contributed by atoms with Gasteiger partial charge >= 0.3 is 0 Å². The molecule has 0 saturated carbocycles. The molecule has 0 radical (unpaired) electrons. The molecule has 0 unspecified atom stereocenters. The fourth-order valence-electron chi connectivity index (χ4n) is 0.925. The zero-order valence-electron chi connectivity index (χ0n) is 17.3. The summed E-state index contributed by atoms with van der Waals surface area (Å²) < 4.78 is 0. The van der Waals surface area contributed by atoms with Crippen molar-refractivity contribution in [3.63, 3.8) is 0 Å². The van der Waals surface area contributed by atoms with E-state index in [9.17, 15) is 19.2 Å². The zero-order valence-corrected chi connectivity index (χ0v) is 17.3. The minimum Gasteiger partial charge on any atom is -0.300 e. The molecule has 0 saturated heterocycles. The highest BCUT2D eigenvalue weighted by molar-refractivity contribution is 5.76. The summed E-state index contributed by atoms with van der Waals surface area (Å²) in [5.41, 5.74) is 0. The monoisotopic (exact) mass is 344 g/mol. The van der Waals surface area contributed by atoms with E-state index in [1.807, 2.05) is 13.8 Å². The maximum absolute atomic E-state index is 10.5. The van der Waals surface area contributed by atoms with Crippen LogP contribution in [-0.2, 0) is 19.2 Å². The molecule has 0 amide bonds. The maximum atomic E-state index is 10.5. The average molecular weight is 345 g/mol. The second-order valence-electron chi connectivity index (χ2n) is 5.78. The molecule has 24 heavy (non-hydrogen) atoms. The van der Waals surface area contributed by atoms with E-state index in [-0.39, 0.29) is 23.1 Å². The van der Waals surface area contributed by atoms with E-state index in [2.05, 4.69) is 13.8 Å². The summed E-state index contributed by atoms with van der Waals surface area (Å²) in [6.45, 7) is 14.3. The molecule has 0 aromatic rings. The summed E-state index contributed by atoms with van der Waals surface area (Å²) in [4.78, 5) is 40.6. The van der Waals surface area contributed by atoms with E-state index in [4.69, 9.17) is 0 Å². The number of ketones is 4. The highest BCUT2D eigenvalue weighted by Crippen LogP contribution is 2.03. The van der Waals surface area contributed by atoms with Crippen molar-refractivity contribution in [2.24, 2.45) is 0 Å². The van der Waals surface area contributed by atoms with Gasteiger partial charge in [-0.2, -0.15) is 0 Å². The standard InChI is InChI=1S/C9H16O2.2C4H8O.C3H8/c1-8(10)6-4-3-5-7-9(2)11;2*1-3-4(2)5;1-3-2/h3-7H2,1-2H3;2*3H2,1-2H3;3H2,1-2H3. The molecule has 4 heteroatoms. The SMILES string of the molecule is CC(=O)CCCCCC(C)=O.CCC.CCC(C)=O.CCC(C)=O. The predicted molar refractivity (Wildman–Crippen MR) is 102 cm³/mol. The van der Waals surface area contributed by atoms with Gasteiger partial charge in [0, 0.05) is 25.7 Å². The van der Waals surface area contributed by atoms with E-state index in [1.165, 1.54) is 6.42 Å². The molecule has 0 spiro atoms. The lowest BCUT2D eigenvalue weighted by Crippen LogP contribution is -1.92. The van der Waals surface area contributed by atoms with Crippen molar-refractivity contribution in [1.82, 2.24) is 0 Å². The van der Waals surface area contributed by atoms with Crippen molar-refractivity contribution >= 4 is 23.1 Å². The number of carbonyl (C=O) groups excluding carboxylic acids is 4. The Morgan fingerprint density at radius 1 is 0.500 bits per heavy atom. The third-order valence-corrected chi connectivity index (χ3v) is 2.55. The van der Waals surface area contributed by atoms with Crippen molar-refractivity contribution in [2.75, 3.05) is 0 Å². The van der Waals surface area contributed by atoms with Gasteiger partial charge in [-0.05, 0) is 40.5 Å². The minimum atomic E-state index is 0.243. The van der Waals surface area contributed by atoms with Crippen LogP contribution in [0.1, 0.15) is 107 Å². The van der Waals surface area contributed by atoms with Crippen LogP contribution in [0.5, 0.6) is 0 Å². The molecule has 0 aromatic carbocycles. The minimum absolute atomic E-state index is 0.243. The normalized spacial score (nSPS) is 8.33. The molecule has 0 atom stereocenters. The Balaban J connectivity index is -0.000000129. The summed E-state index contributed by atoms with van der Waals surface area (Å²) >= 11 is 0. The van der Waals surface area contributed by atoms with Crippen molar-refractivity contribution in [3.8, 4) is 0 Å². The highest BCUT2D eigenvalue weighted by Gasteiger charge is 1.95. The first-order chi connectivity index (χ1) is 11.1. The van der Waals surface area contributed by atoms with E-state index in [0.29, 0.717) is 25.7 Å². The Kier molecular flexibility index (Phi) is 33.8. The van der Waals surface area contributed by atoms with Gasteiger partial charge < -0.3 is 19.2 Å². The lowest BCUT2D eigenvalue weighted by Gasteiger charge is -1.95. The lowest BCUT2D eigenvalue weighted by molar-refractivity contribution is -0.118. The van der Waals surface area contributed by atoms with E-state index < -0.39 is 0 Å². The first-order valence-corrected chi connectivity index (χ1v) is 9.06. The molecular weight excluding hydrogens is 304 g/mol. The van der Waals surface area contributed by atoms with Crippen molar-refractivity contribution in [1.29, 1.82) is 0 Å². The van der Waals surface area contributed by atoms with Crippen LogP contribution in [0.4, 0.5) is 0 Å². The van der Waals surface area contributed by atoms with Crippen molar-refractivity contribution in [2.45, 2.75) is 107 Å². The van der Waals surface area contributed by atoms with Crippen LogP contribution >= 0.6 is 0 Å². The molecule has 0 rings (SSSR count). The molecule has 0 aliphatic heterocycles. The van der Waals surface area contributed by atoms with Crippen LogP contribution in [0.25, 0.3) is 0 Å². The van der Waals surface area contributed by atoms with Gasteiger partial charge in [0.2, 0.25) is 0 Å². The molecule has 0 aliphatic carbocycles. The van der Waals surface area contributed by atoms with Crippen LogP contribution in [0.3, 0.4) is 0 Å². The van der Waals surface area contributed by atoms with Crippen LogP contribution in [0.15, 0.2) is 0 Å². The third-order valence-electron chi connectivity index (χ3n) is 2.55. The number of Topliss-reactive ketones (excluding diaryl/α,β-unsaturated/α-hetero) is 4. The molecule has 0 bridgehead atoms. The fraction of sp³-hybridized carbons (Fsp3) is 0.800. The number of carbonyl (C=O) groups is 4. The smallest absolute Gasteiger partial charge is 0.129 e. The Morgan fingerprint density at radius 2 is 0.708 bits per heavy atom. The number of rotatable bonds is 8. The van der Waals surface area contributed by atoms with Crippen LogP contribution in [0.2, 0.25) is 0 Å². The Bertz CT molecular complexity index is 290. The second-order valence-corrected chi connectivity index (χ2v) is 5.78. The zero-order chi connectivity index (χ0) is 20.0. The molecule has 144 valence electrons. The molecule has 0 heterocycles. The average Bonchev–Trinajstić information content (AvgIpc) is 2.48. The molecule has 4 nitrogen and oxygen atoms in total. The molecule has 0 fully saturated rings. The van der Waals surface area contributed by atoms with Gasteiger partial charge in [-0.1, -0.05) is 40.5 Å². The van der Waals surface area contributed by atoms with Crippen LogP contribution in [-0.4, -0.2) is 23.1 Å². The predicted octanol–water partition coefficient (Wildman–Crippen LogP) is 5.50. The number of hydrogen-bond acceptors (Lipinski definition) is 4. The van der Waals surface area contributed by atoms with E-state index >= 15 is 0 Å².